The summed E-state index contributed by atoms with van der Waals surface area (Å²) in [4.78, 5) is 27.1. The third-order valence-corrected chi connectivity index (χ3v) is 3.56. The number of hydrogen-bond donors (Lipinski definition) is 2. The number of rotatable bonds is 2. The van der Waals surface area contributed by atoms with Crippen molar-refractivity contribution in [2.75, 3.05) is 20.1 Å². The van der Waals surface area contributed by atoms with Gasteiger partial charge in [0.2, 0.25) is 0 Å². The van der Waals surface area contributed by atoms with Crippen LogP contribution >= 0.6 is 12.4 Å². The summed E-state index contributed by atoms with van der Waals surface area (Å²) >= 11 is 0. The van der Waals surface area contributed by atoms with Crippen LogP contribution in [0.2, 0.25) is 0 Å². The van der Waals surface area contributed by atoms with E-state index in [-0.39, 0.29) is 24.0 Å². The summed E-state index contributed by atoms with van der Waals surface area (Å²) in [6, 6.07) is 1.79. The Bertz CT molecular complexity index is 589. The molecule has 0 bridgehead atoms. The molecule has 0 radical (unpaired) electrons. The van der Waals surface area contributed by atoms with E-state index in [0.717, 1.165) is 18.9 Å². The molecule has 1 unspecified atom stereocenters. The van der Waals surface area contributed by atoms with E-state index in [0.29, 0.717) is 19.2 Å². The summed E-state index contributed by atoms with van der Waals surface area (Å²) < 4.78 is 37.4. The minimum absolute atomic E-state index is 0. The van der Waals surface area contributed by atoms with Gasteiger partial charge in [-0.15, -0.1) is 12.4 Å². The maximum absolute atomic E-state index is 12.5. The molecule has 1 aromatic heterocycles. The van der Waals surface area contributed by atoms with Crippen LogP contribution in [-0.4, -0.2) is 42.0 Å². The Morgan fingerprint density at radius 3 is 2.64 bits per heavy atom. The summed E-state index contributed by atoms with van der Waals surface area (Å²) in [6.07, 6.45) is -2.93. The Morgan fingerprint density at radius 2 is 2.09 bits per heavy atom. The van der Waals surface area contributed by atoms with Gasteiger partial charge in [-0.25, -0.2) is 0 Å². The molecule has 1 atom stereocenters. The molecule has 0 aliphatic carbocycles. The molecule has 9 heteroatoms. The second kappa shape index (κ2) is 7.15. The lowest BCUT2D eigenvalue weighted by Gasteiger charge is -2.32. The molecule has 1 aromatic rings. The van der Waals surface area contributed by atoms with Gasteiger partial charge in [-0.1, -0.05) is 0 Å². The van der Waals surface area contributed by atoms with E-state index < -0.39 is 23.3 Å². The molecule has 2 rings (SSSR count). The first-order valence-corrected chi connectivity index (χ1v) is 6.60. The van der Waals surface area contributed by atoms with E-state index in [9.17, 15) is 22.8 Å². The van der Waals surface area contributed by atoms with Crippen LogP contribution in [0, 0.1) is 0 Å². The number of nitrogens with zero attached hydrogens (tertiary/aromatic N) is 1. The molecule has 2 heterocycles. The van der Waals surface area contributed by atoms with Gasteiger partial charge in [0.15, 0.2) is 0 Å². The first kappa shape index (κ1) is 18.5. The topological polar surface area (TPSA) is 65.2 Å². The van der Waals surface area contributed by atoms with Crippen molar-refractivity contribution in [3.8, 4) is 0 Å². The van der Waals surface area contributed by atoms with E-state index in [2.05, 4.69) is 5.32 Å². The third-order valence-electron chi connectivity index (χ3n) is 3.56. The van der Waals surface area contributed by atoms with Gasteiger partial charge < -0.3 is 15.2 Å². The SMILES string of the molecule is CNC1CCCN(C(=O)c2ccc(C(F)(F)F)[nH]c2=O)C1.Cl. The zero-order chi connectivity index (χ0) is 15.6. The van der Waals surface area contributed by atoms with E-state index in [1.165, 1.54) is 4.90 Å². The number of hydrogen-bond acceptors (Lipinski definition) is 3. The van der Waals surface area contributed by atoms with Crippen molar-refractivity contribution < 1.29 is 18.0 Å². The summed E-state index contributed by atoms with van der Waals surface area (Å²) in [5.41, 5.74) is -2.43. The number of carbonyl (C=O) groups excluding carboxylic acids is 1. The number of alkyl halides is 3. The molecule has 124 valence electrons. The van der Waals surface area contributed by atoms with Crippen molar-refractivity contribution in [3.05, 3.63) is 33.7 Å². The van der Waals surface area contributed by atoms with Crippen LogP contribution in [0.5, 0.6) is 0 Å². The van der Waals surface area contributed by atoms with Crippen LogP contribution in [0.1, 0.15) is 28.9 Å². The lowest BCUT2D eigenvalue weighted by atomic mass is 10.0. The van der Waals surface area contributed by atoms with Gasteiger partial charge in [0.25, 0.3) is 11.5 Å². The van der Waals surface area contributed by atoms with Crippen molar-refractivity contribution >= 4 is 18.3 Å². The van der Waals surface area contributed by atoms with Crippen molar-refractivity contribution in [3.63, 3.8) is 0 Å². The molecule has 2 N–H and O–H groups in total. The number of aromatic nitrogens is 1. The highest BCUT2D eigenvalue weighted by molar-refractivity contribution is 5.93. The number of piperidine rings is 1. The number of halogens is 4. The zero-order valence-corrected chi connectivity index (χ0v) is 12.7. The lowest BCUT2D eigenvalue weighted by molar-refractivity contribution is -0.141. The van der Waals surface area contributed by atoms with Crippen LogP contribution in [0.25, 0.3) is 0 Å². The third kappa shape index (κ3) is 4.01. The highest BCUT2D eigenvalue weighted by Crippen LogP contribution is 2.26. The molecule has 0 spiro atoms. The molecule has 1 aliphatic heterocycles. The summed E-state index contributed by atoms with van der Waals surface area (Å²) in [6.45, 7) is 0.938. The smallest absolute Gasteiger partial charge is 0.337 e. The molecule has 22 heavy (non-hydrogen) atoms. The van der Waals surface area contributed by atoms with Crippen molar-refractivity contribution in [2.45, 2.75) is 25.1 Å². The minimum atomic E-state index is -4.64. The molecule has 0 aromatic carbocycles. The molecule has 1 saturated heterocycles. The van der Waals surface area contributed by atoms with Gasteiger partial charge in [0.05, 0.1) is 0 Å². The average molecular weight is 340 g/mol. The largest absolute Gasteiger partial charge is 0.431 e. The quantitative estimate of drug-likeness (QED) is 0.861. The van der Waals surface area contributed by atoms with Crippen LogP contribution in [0.15, 0.2) is 16.9 Å². The number of carbonyl (C=O) groups is 1. The highest BCUT2D eigenvalue weighted by Gasteiger charge is 2.33. The molecular weight excluding hydrogens is 323 g/mol. The number of likely N-dealkylation sites (N-methyl/N-ethyl adjacent to an activating group) is 1. The fourth-order valence-electron chi connectivity index (χ4n) is 2.38. The molecular formula is C13H17ClF3N3O2. The maximum Gasteiger partial charge on any atom is 0.431 e. The Hall–Kier alpha value is -1.54. The monoisotopic (exact) mass is 339 g/mol. The minimum Gasteiger partial charge on any atom is -0.337 e. The zero-order valence-electron chi connectivity index (χ0n) is 11.9. The number of pyridine rings is 1. The first-order chi connectivity index (χ1) is 9.82. The molecule has 1 amide bonds. The Labute approximate surface area is 131 Å². The van der Waals surface area contributed by atoms with Gasteiger partial charge in [-0.05, 0) is 32.0 Å². The molecule has 5 nitrogen and oxygen atoms in total. The van der Waals surface area contributed by atoms with Gasteiger partial charge >= 0.3 is 6.18 Å². The fourth-order valence-corrected chi connectivity index (χ4v) is 2.38. The van der Waals surface area contributed by atoms with Gasteiger partial charge in [0, 0.05) is 19.1 Å². The number of nitrogens with one attached hydrogen (secondary N) is 2. The number of likely N-dealkylation sites (tertiary alicyclic amines) is 1. The van der Waals surface area contributed by atoms with Crippen LogP contribution in [0.4, 0.5) is 13.2 Å². The lowest BCUT2D eigenvalue weighted by Crippen LogP contribution is -2.48. The second-order valence-electron chi connectivity index (χ2n) is 4.99. The van der Waals surface area contributed by atoms with E-state index in [4.69, 9.17) is 0 Å². The molecule has 1 fully saturated rings. The predicted octanol–water partition coefficient (Wildman–Crippen LogP) is 1.64. The van der Waals surface area contributed by atoms with Crippen molar-refractivity contribution in [1.82, 2.24) is 15.2 Å². The second-order valence-corrected chi connectivity index (χ2v) is 4.99. The van der Waals surface area contributed by atoms with Crippen molar-refractivity contribution in [1.29, 1.82) is 0 Å². The molecule has 0 saturated carbocycles. The average Bonchev–Trinajstić information content (AvgIpc) is 2.45. The van der Waals surface area contributed by atoms with Crippen LogP contribution < -0.4 is 10.9 Å². The van der Waals surface area contributed by atoms with Gasteiger partial charge in [-0.3, -0.25) is 9.59 Å². The standard InChI is InChI=1S/C13H16F3N3O2.ClH/c1-17-8-3-2-6-19(7-8)12(21)9-4-5-10(13(14,15)16)18-11(9)20;/h4-5,8,17H,2-3,6-7H2,1H3,(H,18,20);1H. The van der Waals surface area contributed by atoms with Crippen LogP contribution in [0.3, 0.4) is 0 Å². The number of aromatic amines is 1. The summed E-state index contributed by atoms with van der Waals surface area (Å²) in [5.74, 6) is -0.537. The summed E-state index contributed by atoms with van der Waals surface area (Å²) in [7, 11) is 1.78. The Morgan fingerprint density at radius 1 is 1.41 bits per heavy atom. The van der Waals surface area contributed by atoms with Gasteiger partial charge in [-0.2, -0.15) is 13.2 Å². The van der Waals surface area contributed by atoms with Crippen LogP contribution in [-0.2, 0) is 6.18 Å². The number of H-pyrrole nitrogens is 1. The number of amides is 1. The van der Waals surface area contributed by atoms with E-state index in [1.54, 1.807) is 12.0 Å². The Kier molecular flexibility index (Phi) is 6.01. The van der Waals surface area contributed by atoms with E-state index in [1.807, 2.05) is 0 Å². The normalized spacial score (nSPS) is 18.7. The van der Waals surface area contributed by atoms with E-state index >= 15 is 0 Å². The first-order valence-electron chi connectivity index (χ1n) is 6.60. The predicted molar refractivity (Wildman–Crippen MR) is 77.3 cm³/mol. The molecule has 1 aliphatic rings. The summed E-state index contributed by atoms with van der Waals surface area (Å²) in [5, 5.41) is 3.06. The Balaban J connectivity index is 0.00000242. The van der Waals surface area contributed by atoms with Crippen molar-refractivity contribution in [2.24, 2.45) is 0 Å². The highest BCUT2D eigenvalue weighted by atomic mass is 35.5. The fraction of sp³-hybridized carbons (Fsp3) is 0.538. The van der Waals surface area contributed by atoms with Gasteiger partial charge in [0.1, 0.15) is 11.3 Å². The maximum atomic E-state index is 12.5.